The van der Waals surface area contributed by atoms with Gasteiger partial charge in [0.2, 0.25) is 0 Å². The zero-order valence-corrected chi connectivity index (χ0v) is 34.3. The molecule has 0 saturated heterocycles. The number of rotatable bonds is 8. The van der Waals surface area contributed by atoms with Gasteiger partial charge in [-0.15, -0.1) is 40.5 Å². The first-order valence-corrected chi connectivity index (χ1v) is 18.2. The third-order valence-corrected chi connectivity index (χ3v) is 11.5. The first kappa shape index (κ1) is 39.2. The maximum Gasteiger partial charge on any atom is 0.164 e. The molecule has 0 aliphatic carbocycles. The topological polar surface area (TPSA) is 63.3 Å². The number of ketones is 1. The monoisotopic (exact) mass is 865 g/mol. The molecule has 0 aliphatic rings. The molecule has 6 aromatic rings. The molecule has 1 N–H and O–H groups in total. The van der Waals surface area contributed by atoms with Crippen molar-refractivity contribution < 1.29 is 34.4 Å². The molecular weight excluding hydrogens is 815 g/mol. The number of fused-ring (bicyclic) bond motifs is 3. The van der Waals surface area contributed by atoms with Crippen LogP contribution in [0.4, 0.5) is 0 Å². The Labute approximate surface area is 315 Å². The van der Waals surface area contributed by atoms with Crippen LogP contribution in [-0.2, 0) is 30.3 Å². The SMILES string of the molecule is CCC(C)(CC)C(=O)/C=C(\O)C(C)(C)CC.Cc1coc2cccc(-c3cc4ccnc(-c5[c-]c6ccccc6c(C(C)(C)C)c5)c4s3)c12.[Ir]. The van der Waals surface area contributed by atoms with Crippen LogP contribution >= 0.6 is 11.3 Å². The summed E-state index contributed by atoms with van der Waals surface area (Å²) in [5.41, 5.74) is 6.05. The van der Waals surface area contributed by atoms with Crippen LogP contribution < -0.4 is 0 Å². The van der Waals surface area contributed by atoms with Gasteiger partial charge in [-0.25, -0.2) is 0 Å². The molecule has 50 heavy (non-hydrogen) atoms. The predicted molar refractivity (Wildman–Crippen MR) is 209 cm³/mol. The molecule has 0 bridgehead atoms. The summed E-state index contributed by atoms with van der Waals surface area (Å²) in [5, 5.41) is 14.7. The van der Waals surface area contributed by atoms with E-state index >= 15 is 0 Å². The van der Waals surface area contributed by atoms with E-state index in [1.54, 1.807) is 11.3 Å². The van der Waals surface area contributed by atoms with Gasteiger partial charge in [-0.2, -0.15) is 0 Å². The van der Waals surface area contributed by atoms with Gasteiger partial charge in [-0.05, 0) is 60.7 Å². The minimum absolute atomic E-state index is 0. The fourth-order valence-corrected chi connectivity index (χ4v) is 7.18. The number of carbonyl (C=O) groups is 1. The molecular formula is C44H50IrNO3S-. The second kappa shape index (κ2) is 15.4. The number of allylic oxidation sites excluding steroid dienone is 2. The van der Waals surface area contributed by atoms with Crippen LogP contribution in [0.25, 0.3) is 53.5 Å². The first-order valence-electron chi connectivity index (χ1n) is 17.4. The molecule has 3 aromatic carbocycles. The molecule has 6 heteroatoms. The number of benzene rings is 3. The number of pyridine rings is 1. The largest absolute Gasteiger partial charge is 0.512 e. The number of aliphatic hydroxyl groups is 1. The van der Waals surface area contributed by atoms with Crippen LogP contribution in [0.2, 0.25) is 0 Å². The van der Waals surface area contributed by atoms with E-state index in [2.05, 4.69) is 88.4 Å². The van der Waals surface area contributed by atoms with Gasteiger partial charge in [0.15, 0.2) is 5.78 Å². The van der Waals surface area contributed by atoms with E-state index in [1.807, 2.05) is 60.1 Å². The predicted octanol–water partition coefficient (Wildman–Crippen LogP) is 13.2. The molecule has 3 heterocycles. The number of nitrogens with zero attached hydrogens (tertiary/aromatic N) is 1. The fraction of sp³-hybridized carbons (Fsp3) is 0.364. The Morgan fingerprint density at radius 1 is 0.940 bits per heavy atom. The van der Waals surface area contributed by atoms with Gasteiger partial charge in [0.05, 0.1) is 6.26 Å². The van der Waals surface area contributed by atoms with Gasteiger partial charge in [-0.3, -0.25) is 9.78 Å². The maximum atomic E-state index is 12.1. The Balaban J connectivity index is 0.000000284. The van der Waals surface area contributed by atoms with Crippen molar-refractivity contribution in [2.24, 2.45) is 10.8 Å². The van der Waals surface area contributed by atoms with Crippen molar-refractivity contribution >= 4 is 48.9 Å². The summed E-state index contributed by atoms with van der Waals surface area (Å²) < 4.78 is 6.94. The van der Waals surface area contributed by atoms with Crippen molar-refractivity contribution in [2.45, 2.75) is 93.9 Å². The molecule has 6 rings (SSSR count). The third kappa shape index (κ3) is 7.83. The molecule has 0 fully saturated rings. The summed E-state index contributed by atoms with van der Waals surface area (Å²) in [4.78, 5) is 18.1. The number of aromatic nitrogens is 1. The smallest absolute Gasteiger partial charge is 0.164 e. The second-order valence-electron chi connectivity index (χ2n) is 15.1. The third-order valence-electron chi connectivity index (χ3n) is 10.3. The molecule has 0 atom stereocenters. The minimum Gasteiger partial charge on any atom is -0.512 e. The summed E-state index contributed by atoms with van der Waals surface area (Å²) in [6, 6.07) is 25.1. The summed E-state index contributed by atoms with van der Waals surface area (Å²) in [5.74, 6) is 0.240. The number of hydrogen-bond donors (Lipinski definition) is 1. The Hall–Kier alpha value is -3.57. The number of carbonyl (C=O) groups excluding carboxylic acids is 1. The van der Waals surface area contributed by atoms with E-state index in [0.29, 0.717) is 0 Å². The summed E-state index contributed by atoms with van der Waals surface area (Å²) in [7, 11) is 0. The molecule has 1 radical (unpaired) electrons. The Morgan fingerprint density at radius 3 is 2.30 bits per heavy atom. The van der Waals surface area contributed by atoms with Crippen LogP contribution in [0.5, 0.6) is 0 Å². The van der Waals surface area contributed by atoms with Crippen LogP contribution in [0.15, 0.2) is 89.4 Å². The van der Waals surface area contributed by atoms with E-state index in [4.69, 9.17) is 9.40 Å². The first-order chi connectivity index (χ1) is 23.1. The van der Waals surface area contributed by atoms with Crippen LogP contribution in [0.3, 0.4) is 0 Å². The number of aliphatic hydroxyl groups excluding tert-OH is 1. The molecule has 0 saturated carbocycles. The van der Waals surface area contributed by atoms with Crippen LogP contribution in [-0.4, -0.2) is 15.9 Å². The molecule has 4 nitrogen and oxygen atoms in total. The van der Waals surface area contributed by atoms with Gasteiger partial charge >= 0.3 is 0 Å². The Morgan fingerprint density at radius 2 is 1.64 bits per heavy atom. The molecule has 3 aromatic heterocycles. The average Bonchev–Trinajstić information content (AvgIpc) is 3.70. The van der Waals surface area contributed by atoms with E-state index in [-0.39, 0.29) is 47.9 Å². The van der Waals surface area contributed by atoms with Crippen molar-refractivity contribution in [3.8, 4) is 21.7 Å². The quantitative estimate of drug-likeness (QED) is 0.0940. The molecule has 0 aliphatic heterocycles. The van der Waals surface area contributed by atoms with E-state index in [1.165, 1.54) is 42.9 Å². The number of thiophene rings is 1. The van der Waals surface area contributed by atoms with Crippen molar-refractivity contribution in [3.63, 3.8) is 0 Å². The van der Waals surface area contributed by atoms with Crippen molar-refractivity contribution in [2.75, 3.05) is 0 Å². The van der Waals surface area contributed by atoms with Crippen molar-refractivity contribution in [1.29, 1.82) is 0 Å². The zero-order valence-electron chi connectivity index (χ0n) is 31.1. The summed E-state index contributed by atoms with van der Waals surface area (Å²) in [6.45, 7) is 20.8. The Kier molecular flexibility index (Phi) is 12.0. The summed E-state index contributed by atoms with van der Waals surface area (Å²) in [6.07, 6.45) is 7.61. The van der Waals surface area contributed by atoms with Crippen molar-refractivity contribution in [3.05, 3.63) is 102 Å². The number of aryl methyl sites for hydroxylation is 1. The summed E-state index contributed by atoms with van der Waals surface area (Å²) >= 11 is 1.79. The molecule has 265 valence electrons. The fourth-order valence-electron chi connectivity index (χ4n) is 5.99. The van der Waals surface area contributed by atoms with E-state index in [0.717, 1.165) is 47.1 Å². The minimum atomic E-state index is -0.336. The van der Waals surface area contributed by atoms with Gasteiger partial charge in [0.25, 0.3) is 0 Å². The van der Waals surface area contributed by atoms with E-state index in [9.17, 15) is 9.90 Å². The van der Waals surface area contributed by atoms with Crippen LogP contribution in [0.1, 0.15) is 92.7 Å². The zero-order chi connectivity index (χ0) is 35.7. The Bertz CT molecular complexity index is 2160. The van der Waals surface area contributed by atoms with Crippen LogP contribution in [0, 0.1) is 23.8 Å². The average molecular weight is 865 g/mol. The van der Waals surface area contributed by atoms with Crippen molar-refractivity contribution in [1.82, 2.24) is 4.98 Å². The maximum absolute atomic E-state index is 12.1. The second-order valence-corrected chi connectivity index (χ2v) is 16.1. The standard InChI is InChI=1S/C30H24NOS.C14H26O2.Ir/c1-18-17-32-25-11-7-10-23(27(18)25)26-16-20-12-13-31-28(29(20)33-26)21-14-19-8-5-6-9-22(19)24(15-21)30(2,3)4;1-7-13(4,5)11(15)10-12(16)14(6,8-2)9-3;/h5-13,15-17H,1-4H3;10,15H,7-9H2,1-6H3;/q-1;;/b;11-10-;. The van der Waals surface area contributed by atoms with Gasteiger partial charge in [-0.1, -0.05) is 104 Å². The van der Waals surface area contributed by atoms with Gasteiger partial charge in [0.1, 0.15) is 11.3 Å². The molecule has 0 spiro atoms. The molecule has 0 unspecified atom stereocenters. The van der Waals surface area contributed by atoms with Gasteiger partial charge in [0, 0.05) is 69.4 Å². The number of furan rings is 1. The molecule has 0 amide bonds. The number of hydrogen-bond acceptors (Lipinski definition) is 5. The van der Waals surface area contributed by atoms with Gasteiger partial charge < -0.3 is 9.52 Å². The van der Waals surface area contributed by atoms with E-state index < -0.39 is 0 Å². The normalized spacial score (nSPS) is 12.6.